The number of rotatable bonds is 7. The molecule has 24 heavy (non-hydrogen) atoms. The fourth-order valence-electron chi connectivity index (χ4n) is 1.53. The Morgan fingerprint density at radius 2 is 1.75 bits per heavy atom. The number of ether oxygens (including phenoxy) is 2. The molecule has 1 aromatic rings. The molecule has 2 N–H and O–H groups in total. The highest BCUT2D eigenvalue weighted by Gasteiger charge is 2.07. The predicted molar refractivity (Wildman–Crippen MR) is 88.2 cm³/mol. The molecule has 0 bridgehead atoms. The van der Waals surface area contributed by atoms with Crippen molar-refractivity contribution in [2.45, 2.75) is 20.8 Å². The summed E-state index contributed by atoms with van der Waals surface area (Å²) in [5, 5.41) is 0. The SMILES string of the molecule is CCOC(=O)C=CC(=O)NNC(=O)c1ccc(OCC(C)C)cc1. The van der Waals surface area contributed by atoms with Crippen LogP contribution >= 0.6 is 0 Å². The van der Waals surface area contributed by atoms with Crippen LogP contribution in [0.2, 0.25) is 0 Å². The first kappa shape index (κ1) is 19.2. The lowest BCUT2D eigenvalue weighted by Gasteiger charge is -2.09. The Kier molecular flexibility index (Phi) is 8.04. The third-order valence-electron chi connectivity index (χ3n) is 2.66. The van der Waals surface area contributed by atoms with Crippen LogP contribution in [0.15, 0.2) is 36.4 Å². The molecule has 0 spiro atoms. The van der Waals surface area contributed by atoms with E-state index in [9.17, 15) is 14.4 Å². The third-order valence-corrected chi connectivity index (χ3v) is 2.66. The second-order valence-corrected chi connectivity index (χ2v) is 5.26. The fraction of sp³-hybridized carbons (Fsp3) is 0.353. The van der Waals surface area contributed by atoms with Gasteiger partial charge in [0, 0.05) is 17.7 Å². The van der Waals surface area contributed by atoms with Crippen LogP contribution in [0, 0.1) is 5.92 Å². The van der Waals surface area contributed by atoms with Crippen molar-refractivity contribution >= 4 is 17.8 Å². The summed E-state index contributed by atoms with van der Waals surface area (Å²) in [6.07, 6.45) is 1.95. The van der Waals surface area contributed by atoms with Gasteiger partial charge in [-0.05, 0) is 37.1 Å². The molecule has 2 amide bonds. The Hall–Kier alpha value is -2.83. The number of nitrogens with one attached hydrogen (secondary N) is 2. The molecular formula is C17H22N2O5. The molecule has 0 aliphatic carbocycles. The van der Waals surface area contributed by atoms with E-state index in [4.69, 9.17) is 4.74 Å². The van der Waals surface area contributed by atoms with Gasteiger partial charge in [0.1, 0.15) is 5.75 Å². The van der Waals surface area contributed by atoms with Gasteiger partial charge in [0.15, 0.2) is 0 Å². The molecular weight excluding hydrogens is 312 g/mol. The zero-order valence-corrected chi connectivity index (χ0v) is 14.0. The van der Waals surface area contributed by atoms with Crippen LogP contribution in [0.3, 0.4) is 0 Å². The van der Waals surface area contributed by atoms with E-state index in [1.54, 1.807) is 31.2 Å². The first-order valence-corrected chi connectivity index (χ1v) is 7.60. The van der Waals surface area contributed by atoms with Crippen molar-refractivity contribution in [2.24, 2.45) is 5.92 Å². The van der Waals surface area contributed by atoms with Crippen molar-refractivity contribution in [3.05, 3.63) is 42.0 Å². The topological polar surface area (TPSA) is 93.7 Å². The van der Waals surface area contributed by atoms with Gasteiger partial charge in [0.2, 0.25) is 0 Å². The Labute approximate surface area is 141 Å². The Balaban J connectivity index is 2.44. The lowest BCUT2D eigenvalue weighted by atomic mass is 10.2. The minimum Gasteiger partial charge on any atom is -0.493 e. The number of carbonyl (C=O) groups is 3. The Morgan fingerprint density at radius 3 is 2.33 bits per heavy atom. The van der Waals surface area contributed by atoms with Crippen molar-refractivity contribution in [1.82, 2.24) is 10.9 Å². The highest BCUT2D eigenvalue weighted by molar-refractivity contribution is 5.98. The van der Waals surface area contributed by atoms with E-state index in [1.807, 2.05) is 13.8 Å². The summed E-state index contributed by atoms with van der Waals surface area (Å²) in [4.78, 5) is 34.4. The molecule has 0 unspecified atom stereocenters. The van der Waals surface area contributed by atoms with Gasteiger partial charge in [-0.3, -0.25) is 20.4 Å². The van der Waals surface area contributed by atoms with Gasteiger partial charge < -0.3 is 9.47 Å². The van der Waals surface area contributed by atoms with Crippen LogP contribution in [-0.2, 0) is 14.3 Å². The van der Waals surface area contributed by atoms with E-state index in [2.05, 4.69) is 15.6 Å². The smallest absolute Gasteiger partial charge is 0.330 e. The second-order valence-electron chi connectivity index (χ2n) is 5.26. The summed E-state index contributed by atoms with van der Waals surface area (Å²) in [6.45, 7) is 6.56. The number of esters is 1. The van der Waals surface area contributed by atoms with Crippen molar-refractivity contribution in [2.75, 3.05) is 13.2 Å². The summed E-state index contributed by atoms with van der Waals surface area (Å²) in [7, 11) is 0. The molecule has 0 aromatic heterocycles. The minimum absolute atomic E-state index is 0.221. The highest BCUT2D eigenvalue weighted by atomic mass is 16.5. The third kappa shape index (κ3) is 7.44. The lowest BCUT2D eigenvalue weighted by molar-refractivity contribution is -0.137. The van der Waals surface area contributed by atoms with E-state index >= 15 is 0 Å². The largest absolute Gasteiger partial charge is 0.493 e. The molecule has 0 saturated heterocycles. The van der Waals surface area contributed by atoms with Crippen LogP contribution in [0.1, 0.15) is 31.1 Å². The van der Waals surface area contributed by atoms with Crippen LogP contribution in [0.5, 0.6) is 5.75 Å². The molecule has 0 saturated carbocycles. The molecule has 1 rings (SSSR count). The predicted octanol–water partition coefficient (Wildman–Crippen LogP) is 1.60. The van der Waals surface area contributed by atoms with Crippen molar-refractivity contribution in [3.63, 3.8) is 0 Å². The molecule has 0 heterocycles. The summed E-state index contributed by atoms with van der Waals surface area (Å²) >= 11 is 0. The number of hydrogen-bond donors (Lipinski definition) is 2. The standard InChI is InChI=1S/C17H22N2O5/c1-4-23-16(21)10-9-15(20)18-19-17(22)13-5-7-14(8-6-13)24-11-12(2)3/h5-10,12H,4,11H2,1-3H3,(H,18,20)(H,19,22). The Morgan fingerprint density at radius 1 is 1.08 bits per heavy atom. The van der Waals surface area contributed by atoms with Gasteiger partial charge in [-0.2, -0.15) is 0 Å². The molecule has 1 aromatic carbocycles. The Bertz CT molecular complexity index is 594. The second kappa shape index (κ2) is 10.0. The molecule has 7 heteroatoms. The van der Waals surface area contributed by atoms with Gasteiger partial charge in [-0.1, -0.05) is 13.8 Å². The highest BCUT2D eigenvalue weighted by Crippen LogP contribution is 2.13. The minimum atomic E-state index is -0.645. The van der Waals surface area contributed by atoms with Gasteiger partial charge in [-0.25, -0.2) is 4.79 Å². The molecule has 0 fully saturated rings. The van der Waals surface area contributed by atoms with E-state index in [1.165, 1.54) is 0 Å². The average Bonchev–Trinajstić information content (AvgIpc) is 2.56. The first-order chi connectivity index (χ1) is 11.4. The monoisotopic (exact) mass is 334 g/mol. The van der Waals surface area contributed by atoms with Crippen LogP contribution in [0.4, 0.5) is 0 Å². The maximum absolute atomic E-state index is 11.9. The van der Waals surface area contributed by atoms with E-state index < -0.39 is 17.8 Å². The maximum atomic E-state index is 11.9. The summed E-state index contributed by atoms with van der Waals surface area (Å²) in [5.74, 6) is -0.681. The number of hydrogen-bond acceptors (Lipinski definition) is 5. The number of amides is 2. The van der Waals surface area contributed by atoms with Crippen molar-refractivity contribution in [1.29, 1.82) is 0 Å². The summed E-state index contributed by atoms with van der Waals surface area (Å²) in [5.41, 5.74) is 4.77. The first-order valence-electron chi connectivity index (χ1n) is 7.60. The quantitative estimate of drug-likeness (QED) is 0.449. The fourth-order valence-corrected chi connectivity index (χ4v) is 1.53. The average molecular weight is 334 g/mol. The molecule has 130 valence electrons. The van der Waals surface area contributed by atoms with Crippen LogP contribution < -0.4 is 15.6 Å². The van der Waals surface area contributed by atoms with Crippen molar-refractivity contribution < 1.29 is 23.9 Å². The van der Waals surface area contributed by atoms with Crippen LogP contribution in [0.25, 0.3) is 0 Å². The van der Waals surface area contributed by atoms with E-state index in [-0.39, 0.29) is 6.61 Å². The molecule has 0 aliphatic rings. The molecule has 0 atom stereocenters. The van der Waals surface area contributed by atoms with Crippen LogP contribution in [-0.4, -0.2) is 31.0 Å². The van der Waals surface area contributed by atoms with E-state index in [0.717, 1.165) is 12.2 Å². The number of benzene rings is 1. The van der Waals surface area contributed by atoms with Crippen molar-refractivity contribution in [3.8, 4) is 5.75 Å². The number of carbonyl (C=O) groups excluding carboxylic acids is 3. The zero-order valence-electron chi connectivity index (χ0n) is 14.0. The molecule has 7 nitrogen and oxygen atoms in total. The molecule has 0 aliphatic heterocycles. The van der Waals surface area contributed by atoms with Gasteiger partial charge in [-0.15, -0.1) is 0 Å². The zero-order chi connectivity index (χ0) is 17.9. The molecule has 0 radical (unpaired) electrons. The lowest BCUT2D eigenvalue weighted by Crippen LogP contribution is -2.40. The maximum Gasteiger partial charge on any atom is 0.330 e. The van der Waals surface area contributed by atoms with E-state index in [0.29, 0.717) is 23.8 Å². The van der Waals surface area contributed by atoms with Gasteiger partial charge >= 0.3 is 5.97 Å². The van der Waals surface area contributed by atoms with Gasteiger partial charge in [0.25, 0.3) is 11.8 Å². The summed E-state index contributed by atoms with van der Waals surface area (Å²) < 4.78 is 10.1. The summed E-state index contributed by atoms with van der Waals surface area (Å²) in [6, 6.07) is 6.54. The normalized spacial score (nSPS) is 10.5. The van der Waals surface area contributed by atoms with Gasteiger partial charge in [0.05, 0.1) is 13.2 Å². The number of hydrazine groups is 1.